The standard InChI is InChI=1S/C9H18N2O2/c1-7(10)8(12)11-5-3-4-9(2,13)6-11/h7,13H,3-6,10H2,1-2H3. The number of amides is 1. The minimum Gasteiger partial charge on any atom is -0.388 e. The molecule has 1 fully saturated rings. The normalized spacial score (nSPS) is 31.5. The summed E-state index contributed by atoms with van der Waals surface area (Å²) in [6, 6.07) is -0.464. The summed E-state index contributed by atoms with van der Waals surface area (Å²) in [5.41, 5.74) is 4.75. The number of hydrogen-bond donors (Lipinski definition) is 2. The highest BCUT2D eigenvalue weighted by molar-refractivity contribution is 5.81. The molecule has 0 spiro atoms. The Morgan fingerprint density at radius 1 is 1.69 bits per heavy atom. The second-order valence-corrected chi connectivity index (χ2v) is 4.15. The maximum atomic E-state index is 11.5. The Morgan fingerprint density at radius 3 is 2.77 bits per heavy atom. The number of carbonyl (C=O) groups excluding carboxylic acids is 1. The van der Waals surface area contributed by atoms with E-state index in [0.29, 0.717) is 6.54 Å². The highest BCUT2D eigenvalue weighted by Gasteiger charge is 2.31. The number of aliphatic hydroxyl groups is 1. The van der Waals surface area contributed by atoms with Gasteiger partial charge in [0.2, 0.25) is 5.91 Å². The van der Waals surface area contributed by atoms with E-state index in [4.69, 9.17) is 5.73 Å². The van der Waals surface area contributed by atoms with Gasteiger partial charge in [0.25, 0.3) is 0 Å². The summed E-state index contributed by atoms with van der Waals surface area (Å²) < 4.78 is 0. The van der Waals surface area contributed by atoms with E-state index >= 15 is 0 Å². The predicted molar refractivity (Wildman–Crippen MR) is 50.1 cm³/mol. The maximum absolute atomic E-state index is 11.5. The van der Waals surface area contributed by atoms with E-state index in [1.54, 1.807) is 18.7 Å². The van der Waals surface area contributed by atoms with Gasteiger partial charge in [0.1, 0.15) is 0 Å². The molecular weight excluding hydrogens is 168 g/mol. The molecule has 1 aliphatic rings. The van der Waals surface area contributed by atoms with Crippen LogP contribution in [0.1, 0.15) is 26.7 Å². The zero-order valence-corrected chi connectivity index (χ0v) is 8.29. The molecule has 13 heavy (non-hydrogen) atoms. The number of likely N-dealkylation sites (tertiary alicyclic amines) is 1. The Hall–Kier alpha value is -0.610. The van der Waals surface area contributed by atoms with Crippen LogP contribution in [0.15, 0.2) is 0 Å². The van der Waals surface area contributed by atoms with Gasteiger partial charge in [0, 0.05) is 13.1 Å². The molecular formula is C9H18N2O2. The van der Waals surface area contributed by atoms with Crippen LogP contribution in [0.4, 0.5) is 0 Å². The first-order valence-corrected chi connectivity index (χ1v) is 4.69. The van der Waals surface area contributed by atoms with Crippen LogP contribution in [0.25, 0.3) is 0 Å². The van der Waals surface area contributed by atoms with Crippen molar-refractivity contribution in [3.8, 4) is 0 Å². The molecule has 0 aromatic rings. The van der Waals surface area contributed by atoms with Crippen LogP contribution in [-0.4, -0.2) is 40.6 Å². The number of nitrogens with zero attached hydrogens (tertiary/aromatic N) is 1. The third kappa shape index (κ3) is 2.67. The number of rotatable bonds is 1. The lowest BCUT2D eigenvalue weighted by molar-refractivity contribution is -0.138. The molecule has 4 nitrogen and oxygen atoms in total. The van der Waals surface area contributed by atoms with Gasteiger partial charge in [-0.15, -0.1) is 0 Å². The van der Waals surface area contributed by atoms with E-state index < -0.39 is 11.6 Å². The van der Waals surface area contributed by atoms with Crippen LogP contribution in [0.5, 0.6) is 0 Å². The molecule has 1 saturated heterocycles. The third-order valence-corrected chi connectivity index (χ3v) is 2.38. The number of hydrogen-bond acceptors (Lipinski definition) is 3. The number of nitrogens with two attached hydrogens (primary N) is 1. The molecule has 3 N–H and O–H groups in total. The van der Waals surface area contributed by atoms with Gasteiger partial charge in [-0.1, -0.05) is 0 Å². The van der Waals surface area contributed by atoms with E-state index in [9.17, 15) is 9.90 Å². The Bertz CT molecular complexity index is 202. The molecule has 0 aliphatic carbocycles. The highest BCUT2D eigenvalue weighted by atomic mass is 16.3. The fraction of sp³-hybridized carbons (Fsp3) is 0.889. The van der Waals surface area contributed by atoms with Crippen LogP contribution >= 0.6 is 0 Å². The van der Waals surface area contributed by atoms with Crippen LogP contribution in [-0.2, 0) is 4.79 Å². The SMILES string of the molecule is CC(N)C(=O)N1CCCC(C)(O)C1. The molecule has 4 heteroatoms. The highest BCUT2D eigenvalue weighted by Crippen LogP contribution is 2.20. The van der Waals surface area contributed by atoms with Crippen LogP contribution in [0.2, 0.25) is 0 Å². The summed E-state index contributed by atoms with van der Waals surface area (Å²) >= 11 is 0. The lowest BCUT2D eigenvalue weighted by atomic mass is 9.95. The average molecular weight is 186 g/mol. The Balaban J connectivity index is 2.57. The fourth-order valence-electron chi connectivity index (χ4n) is 1.70. The van der Waals surface area contributed by atoms with Crippen molar-refractivity contribution in [3.05, 3.63) is 0 Å². The van der Waals surface area contributed by atoms with Crippen molar-refractivity contribution in [2.24, 2.45) is 5.73 Å². The quantitative estimate of drug-likeness (QED) is 0.591. The zero-order chi connectivity index (χ0) is 10.1. The molecule has 1 aliphatic heterocycles. The van der Waals surface area contributed by atoms with Gasteiger partial charge >= 0.3 is 0 Å². The first kappa shape index (κ1) is 10.5. The largest absolute Gasteiger partial charge is 0.388 e. The lowest BCUT2D eigenvalue weighted by Gasteiger charge is -2.37. The number of carbonyl (C=O) groups is 1. The van der Waals surface area contributed by atoms with E-state index in [2.05, 4.69) is 0 Å². The van der Waals surface area contributed by atoms with Crippen molar-refractivity contribution >= 4 is 5.91 Å². The van der Waals surface area contributed by atoms with Crippen LogP contribution in [0.3, 0.4) is 0 Å². The first-order chi connectivity index (χ1) is 5.92. The van der Waals surface area contributed by atoms with Crippen molar-refractivity contribution in [1.82, 2.24) is 4.90 Å². The number of piperidine rings is 1. The molecule has 1 rings (SSSR count). The van der Waals surface area contributed by atoms with E-state index in [1.165, 1.54) is 0 Å². The van der Waals surface area contributed by atoms with Crippen LogP contribution in [0, 0.1) is 0 Å². The fourth-order valence-corrected chi connectivity index (χ4v) is 1.70. The summed E-state index contributed by atoms with van der Waals surface area (Å²) in [6.07, 6.45) is 1.61. The van der Waals surface area contributed by atoms with Crippen molar-refractivity contribution in [3.63, 3.8) is 0 Å². The minimum absolute atomic E-state index is 0.0695. The molecule has 0 aromatic heterocycles. The summed E-state index contributed by atoms with van der Waals surface area (Å²) in [4.78, 5) is 13.1. The van der Waals surface area contributed by atoms with Gasteiger partial charge in [-0.3, -0.25) is 4.79 Å². The summed E-state index contributed by atoms with van der Waals surface area (Å²) in [7, 11) is 0. The second kappa shape index (κ2) is 3.64. The topological polar surface area (TPSA) is 66.6 Å². The summed E-state index contributed by atoms with van der Waals surface area (Å²) in [6.45, 7) is 4.56. The second-order valence-electron chi connectivity index (χ2n) is 4.15. The summed E-state index contributed by atoms with van der Waals surface area (Å²) in [5, 5.41) is 9.74. The average Bonchev–Trinajstić information content (AvgIpc) is 2.01. The molecule has 2 atom stereocenters. The van der Waals surface area contributed by atoms with Gasteiger partial charge in [-0.25, -0.2) is 0 Å². The van der Waals surface area contributed by atoms with E-state index in [0.717, 1.165) is 19.4 Å². The smallest absolute Gasteiger partial charge is 0.239 e. The third-order valence-electron chi connectivity index (χ3n) is 2.38. The van der Waals surface area contributed by atoms with Crippen molar-refractivity contribution in [1.29, 1.82) is 0 Å². The number of β-amino-alcohol motifs (C(OH)–C–C–N with tert-alkyl or cyclic N) is 1. The van der Waals surface area contributed by atoms with Crippen molar-refractivity contribution < 1.29 is 9.90 Å². The molecule has 2 unspecified atom stereocenters. The molecule has 1 amide bonds. The molecule has 0 bridgehead atoms. The Morgan fingerprint density at radius 2 is 2.31 bits per heavy atom. The molecule has 0 radical (unpaired) electrons. The monoisotopic (exact) mass is 186 g/mol. The van der Waals surface area contributed by atoms with Crippen LogP contribution < -0.4 is 5.73 Å². The molecule has 76 valence electrons. The van der Waals surface area contributed by atoms with Crippen molar-refractivity contribution in [2.45, 2.75) is 38.3 Å². The summed E-state index contributed by atoms with van der Waals surface area (Å²) in [5.74, 6) is -0.0695. The molecule has 0 aromatic carbocycles. The van der Waals surface area contributed by atoms with Gasteiger partial charge in [-0.2, -0.15) is 0 Å². The lowest BCUT2D eigenvalue weighted by Crippen LogP contribution is -2.52. The van der Waals surface area contributed by atoms with E-state index in [-0.39, 0.29) is 5.91 Å². The Labute approximate surface area is 78.7 Å². The predicted octanol–water partition coefficient (Wildman–Crippen LogP) is -0.293. The molecule has 0 saturated carbocycles. The molecule has 1 heterocycles. The Kier molecular flexibility index (Phi) is 2.93. The van der Waals surface area contributed by atoms with E-state index in [1.807, 2.05) is 0 Å². The van der Waals surface area contributed by atoms with Crippen molar-refractivity contribution in [2.75, 3.05) is 13.1 Å². The first-order valence-electron chi connectivity index (χ1n) is 4.69. The zero-order valence-electron chi connectivity index (χ0n) is 8.29. The van der Waals surface area contributed by atoms with Gasteiger partial charge < -0.3 is 15.7 Å². The maximum Gasteiger partial charge on any atom is 0.239 e. The van der Waals surface area contributed by atoms with Gasteiger partial charge in [0.15, 0.2) is 0 Å². The van der Waals surface area contributed by atoms with Gasteiger partial charge in [0.05, 0.1) is 11.6 Å². The minimum atomic E-state index is -0.733. The van der Waals surface area contributed by atoms with Gasteiger partial charge in [-0.05, 0) is 26.7 Å².